The third-order valence-electron chi connectivity index (χ3n) is 7.67. The molecule has 41 heavy (non-hydrogen) atoms. The van der Waals surface area contributed by atoms with E-state index in [-0.39, 0.29) is 48.3 Å². The van der Waals surface area contributed by atoms with Crippen LogP contribution in [0, 0.1) is 0 Å². The largest absolute Gasteiger partial charge is 0.494 e. The maximum absolute atomic E-state index is 13.6. The van der Waals surface area contributed by atoms with Gasteiger partial charge in [-0.2, -0.15) is 0 Å². The topological polar surface area (TPSA) is 116 Å². The average molecular weight is 631 g/mol. The molecule has 0 unspecified atom stereocenters. The Morgan fingerprint density at radius 1 is 1.00 bits per heavy atom. The number of hydrogen-bond acceptors (Lipinski definition) is 8. The number of nitrogens with zero attached hydrogens (tertiary/aromatic N) is 2. The Morgan fingerprint density at radius 2 is 1.61 bits per heavy atom. The molecule has 1 amide bonds. The van der Waals surface area contributed by atoms with Gasteiger partial charge in [0.1, 0.15) is 5.75 Å². The average Bonchev–Trinajstić information content (AvgIpc) is 3.78. The maximum Gasteiger partial charge on any atom is 0.265 e. The van der Waals surface area contributed by atoms with Crippen molar-refractivity contribution in [1.29, 1.82) is 0 Å². The van der Waals surface area contributed by atoms with Gasteiger partial charge in [-0.05, 0) is 82.4 Å². The van der Waals surface area contributed by atoms with Crippen LogP contribution < -0.4 is 10.2 Å². The molecule has 1 saturated heterocycles. The number of Topliss-reactive ketones (excluding diaryl/α,β-unsaturated/α-hetero) is 1. The lowest BCUT2D eigenvalue weighted by Crippen LogP contribution is -2.58. The Bertz CT molecular complexity index is 1240. The van der Waals surface area contributed by atoms with Gasteiger partial charge in [-0.15, -0.1) is 24.8 Å². The van der Waals surface area contributed by atoms with E-state index in [4.69, 9.17) is 4.74 Å². The van der Waals surface area contributed by atoms with E-state index in [1.807, 2.05) is 38.4 Å². The highest BCUT2D eigenvalue weighted by molar-refractivity contribution is 7.93. The number of unbranched alkanes of at least 4 members (excludes halogenated alkanes) is 1. The molecule has 1 aliphatic carbocycles. The van der Waals surface area contributed by atoms with Crippen molar-refractivity contribution in [2.45, 2.75) is 67.2 Å². The van der Waals surface area contributed by atoms with Gasteiger partial charge in [0.15, 0.2) is 20.4 Å². The number of piperidine rings is 1. The van der Waals surface area contributed by atoms with Crippen LogP contribution in [0.2, 0.25) is 0 Å². The summed E-state index contributed by atoms with van der Waals surface area (Å²) >= 11 is 0. The summed E-state index contributed by atoms with van der Waals surface area (Å²) in [5.41, 5.74) is 3.47. The highest BCUT2D eigenvalue weighted by Gasteiger charge is 2.54. The van der Waals surface area contributed by atoms with E-state index in [1.165, 1.54) is 12.1 Å². The van der Waals surface area contributed by atoms with Gasteiger partial charge in [0.25, 0.3) is 5.91 Å². The van der Waals surface area contributed by atoms with Crippen LogP contribution in [0.5, 0.6) is 5.75 Å². The highest BCUT2D eigenvalue weighted by atomic mass is 35.5. The lowest BCUT2D eigenvalue weighted by Gasteiger charge is -2.39. The van der Waals surface area contributed by atoms with Crippen molar-refractivity contribution in [1.82, 2.24) is 15.3 Å². The fourth-order valence-electron chi connectivity index (χ4n) is 5.23. The van der Waals surface area contributed by atoms with Crippen molar-refractivity contribution in [3.8, 4) is 5.75 Å². The van der Waals surface area contributed by atoms with E-state index in [2.05, 4.69) is 9.80 Å². The molecule has 2 fully saturated rings. The molecule has 2 aliphatic rings. The normalized spacial score (nSPS) is 16.8. The number of likely N-dealkylation sites (tertiary alicyclic amines) is 1. The predicted molar refractivity (Wildman–Crippen MR) is 162 cm³/mol. The van der Waals surface area contributed by atoms with E-state index < -0.39 is 20.5 Å². The van der Waals surface area contributed by atoms with Gasteiger partial charge >= 0.3 is 0 Å². The minimum atomic E-state index is -4.05. The first-order valence-electron chi connectivity index (χ1n) is 13.6. The first-order valence-corrected chi connectivity index (χ1v) is 15.1. The molecular weight excluding hydrogens is 589 g/mol. The molecule has 228 valence electrons. The number of benzene rings is 2. The van der Waals surface area contributed by atoms with Gasteiger partial charge < -0.3 is 14.5 Å². The molecule has 4 rings (SSSR count). The SMILES string of the molecule is CN(C)Cc1ccc(C(=O)CCCCOc2ccc(S(=O)(=O)C3(C(=O)NO)CCN(C4CC4)CC3)cc2)cc1.Cl.Cl. The van der Waals surface area contributed by atoms with Crippen LogP contribution in [0.1, 0.15) is 60.9 Å². The number of nitrogens with one attached hydrogen (secondary N) is 1. The van der Waals surface area contributed by atoms with Gasteiger partial charge in [-0.1, -0.05) is 24.3 Å². The number of ether oxygens (including phenoxy) is 1. The lowest BCUT2D eigenvalue weighted by molar-refractivity contribution is -0.133. The fourth-order valence-corrected chi connectivity index (χ4v) is 7.19. The zero-order valence-electron chi connectivity index (χ0n) is 23.6. The van der Waals surface area contributed by atoms with Gasteiger partial charge in [-0.3, -0.25) is 14.8 Å². The summed E-state index contributed by atoms with van der Waals surface area (Å²) in [4.78, 5) is 29.5. The minimum absolute atomic E-state index is 0. The molecule has 0 atom stereocenters. The van der Waals surface area contributed by atoms with E-state index in [1.54, 1.807) is 17.6 Å². The number of carbonyl (C=O) groups excluding carboxylic acids is 2. The van der Waals surface area contributed by atoms with E-state index in [0.29, 0.717) is 56.3 Å². The molecule has 2 aromatic rings. The molecule has 0 bridgehead atoms. The molecule has 12 heteroatoms. The lowest BCUT2D eigenvalue weighted by atomic mass is 9.94. The number of ketones is 1. The standard InChI is InChI=1S/C29H39N3O6S.2ClH/c1-31(2)21-22-6-8-23(9-7-22)27(33)5-3-4-20-38-25-12-14-26(15-13-25)39(36,37)29(28(34)30-35)16-18-32(19-17-29)24-10-11-24;;/h6-9,12-15,24,35H,3-5,10-11,16-21H2,1-2H3,(H,30,34);2*1H. The van der Waals surface area contributed by atoms with Crippen LogP contribution in [-0.4, -0.2) is 79.7 Å². The number of hydrogen-bond donors (Lipinski definition) is 2. The Balaban J connectivity index is 0.00000294. The first kappa shape index (κ1) is 35.0. The number of hydroxylamine groups is 1. The summed E-state index contributed by atoms with van der Waals surface area (Å²) in [6.07, 6.45) is 4.28. The Morgan fingerprint density at radius 3 is 2.15 bits per heavy atom. The predicted octanol–water partition coefficient (Wildman–Crippen LogP) is 4.30. The van der Waals surface area contributed by atoms with Gasteiger partial charge in [0.05, 0.1) is 11.5 Å². The molecule has 1 heterocycles. The summed E-state index contributed by atoms with van der Waals surface area (Å²) in [5, 5.41) is 9.35. The molecule has 1 aliphatic heterocycles. The highest BCUT2D eigenvalue weighted by Crippen LogP contribution is 2.39. The van der Waals surface area contributed by atoms with Crippen LogP contribution in [0.3, 0.4) is 0 Å². The number of carbonyl (C=O) groups is 2. The monoisotopic (exact) mass is 629 g/mol. The summed E-state index contributed by atoms with van der Waals surface area (Å²) in [7, 11) is -0.0385. The van der Waals surface area contributed by atoms with Gasteiger partial charge in [0.2, 0.25) is 0 Å². The number of amides is 1. The third kappa shape index (κ3) is 8.43. The number of sulfone groups is 1. The van der Waals surface area contributed by atoms with Crippen LogP contribution in [0.25, 0.3) is 0 Å². The van der Waals surface area contributed by atoms with Crippen molar-refractivity contribution < 1.29 is 28.0 Å². The molecule has 2 N–H and O–H groups in total. The summed E-state index contributed by atoms with van der Waals surface area (Å²) in [6, 6.07) is 14.3. The van der Waals surface area contributed by atoms with Gasteiger partial charge in [0, 0.05) is 37.7 Å². The first-order chi connectivity index (χ1) is 18.7. The number of rotatable bonds is 13. The van der Waals surface area contributed by atoms with Crippen LogP contribution in [-0.2, 0) is 21.2 Å². The Labute approximate surface area is 255 Å². The third-order valence-corrected chi connectivity index (χ3v) is 10.2. The second-order valence-corrected chi connectivity index (χ2v) is 13.1. The van der Waals surface area contributed by atoms with Crippen LogP contribution in [0.15, 0.2) is 53.4 Å². The molecular formula is C29H41Cl2N3O6S. The molecule has 0 radical (unpaired) electrons. The second-order valence-electron chi connectivity index (χ2n) is 10.8. The van der Waals surface area contributed by atoms with Crippen molar-refractivity contribution in [3.05, 3.63) is 59.7 Å². The van der Waals surface area contributed by atoms with Crippen molar-refractivity contribution in [2.75, 3.05) is 33.8 Å². The summed E-state index contributed by atoms with van der Waals surface area (Å²) in [5.74, 6) is -0.261. The Hall–Kier alpha value is -2.21. The Kier molecular flexibility index (Phi) is 13.1. The van der Waals surface area contributed by atoms with Crippen LogP contribution in [0.4, 0.5) is 0 Å². The van der Waals surface area contributed by atoms with E-state index in [0.717, 1.165) is 24.9 Å². The minimum Gasteiger partial charge on any atom is -0.494 e. The van der Waals surface area contributed by atoms with Crippen LogP contribution >= 0.6 is 24.8 Å². The number of halogens is 2. The summed E-state index contributed by atoms with van der Waals surface area (Å²) in [6.45, 7) is 2.23. The zero-order valence-corrected chi connectivity index (χ0v) is 26.0. The van der Waals surface area contributed by atoms with Crippen molar-refractivity contribution in [3.63, 3.8) is 0 Å². The van der Waals surface area contributed by atoms with Crippen molar-refractivity contribution in [2.24, 2.45) is 0 Å². The quantitative estimate of drug-likeness (QED) is 0.146. The summed E-state index contributed by atoms with van der Waals surface area (Å²) < 4.78 is 31.3. The van der Waals surface area contributed by atoms with E-state index >= 15 is 0 Å². The van der Waals surface area contributed by atoms with Crippen molar-refractivity contribution >= 4 is 46.3 Å². The zero-order chi connectivity index (χ0) is 28.0. The molecule has 2 aromatic carbocycles. The molecule has 1 saturated carbocycles. The molecule has 0 aromatic heterocycles. The maximum atomic E-state index is 13.6. The van der Waals surface area contributed by atoms with E-state index in [9.17, 15) is 23.2 Å². The molecule has 9 nitrogen and oxygen atoms in total. The molecule has 0 spiro atoms. The smallest absolute Gasteiger partial charge is 0.265 e. The van der Waals surface area contributed by atoms with Gasteiger partial charge in [-0.25, -0.2) is 13.9 Å². The fraction of sp³-hybridized carbons (Fsp3) is 0.517. The second kappa shape index (κ2) is 15.3.